The normalized spacial score (nSPS) is 10.3. The number of phenolic OH excluding ortho intramolecular Hbond substituents is 1. The predicted octanol–water partition coefficient (Wildman–Crippen LogP) is 3.24. The molecule has 0 saturated heterocycles. The van der Waals surface area contributed by atoms with Crippen molar-refractivity contribution in [1.29, 1.82) is 0 Å². The van der Waals surface area contributed by atoms with Crippen molar-refractivity contribution in [3.05, 3.63) is 26.1 Å². The number of aryl methyl sites for hydroxylation is 1. The maximum Gasteiger partial charge on any atom is 0.303 e. The molecule has 0 fully saturated rings. The van der Waals surface area contributed by atoms with Gasteiger partial charge in [0, 0.05) is 10.9 Å². The Hall–Kier alpha value is -0.550. The summed E-state index contributed by atoms with van der Waals surface area (Å²) in [6.45, 7) is 1.86. The molecule has 1 aromatic carbocycles. The molecule has 82 valence electrons. The van der Waals surface area contributed by atoms with Crippen molar-refractivity contribution >= 4 is 37.8 Å². The molecular weight excluding hydrogens is 328 g/mol. The van der Waals surface area contributed by atoms with Crippen molar-refractivity contribution < 1.29 is 15.0 Å². The van der Waals surface area contributed by atoms with Gasteiger partial charge in [0.15, 0.2) is 0 Å². The lowest BCUT2D eigenvalue weighted by Crippen LogP contribution is -1.98. The monoisotopic (exact) mass is 336 g/mol. The highest BCUT2D eigenvalue weighted by molar-refractivity contribution is 9.11. The summed E-state index contributed by atoms with van der Waals surface area (Å²) in [5.74, 6) is -0.751. The first kappa shape index (κ1) is 12.5. The van der Waals surface area contributed by atoms with Gasteiger partial charge in [-0.25, -0.2) is 0 Å². The Bertz CT molecular complexity index is 402. The van der Waals surface area contributed by atoms with Gasteiger partial charge in [-0.15, -0.1) is 0 Å². The Morgan fingerprint density at radius 1 is 1.47 bits per heavy atom. The number of carboxylic acids is 1. The van der Waals surface area contributed by atoms with Gasteiger partial charge in [-0.2, -0.15) is 0 Å². The molecule has 0 atom stereocenters. The molecule has 0 aromatic heterocycles. The minimum absolute atomic E-state index is 0.00943. The van der Waals surface area contributed by atoms with E-state index in [1.165, 1.54) is 0 Å². The summed E-state index contributed by atoms with van der Waals surface area (Å²) in [6.07, 6.45) is 0.328. The molecule has 15 heavy (non-hydrogen) atoms. The molecule has 3 nitrogen and oxygen atoms in total. The molecule has 0 amide bonds. The maximum absolute atomic E-state index is 10.4. The lowest BCUT2D eigenvalue weighted by Gasteiger charge is -2.09. The largest absolute Gasteiger partial charge is 0.506 e. The van der Waals surface area contributed by atoms with Gasteiger partial charge in [0.25, 0.3) is 0 Å². The van der Waals surface area contributed by atoms with Gasteiger partial charge in [0.05, 0.1) is 4.47 Å². The fourth-order valence-corrected chi connectivity index (χ4v) is 2.39. The van der Waals surface area contributed by atoms with Gasteiger partial charge in [-0.1, -0.05) is 15.9 Å². The van der Waals surface area contributed by atoms with Crippen LogP contribution in [-0.4, -0.2) is 16.2 Å². The average molecular weight is 338 g/mol. The number of rotatable bonds is 3. The summed E-state index contributed by atoms with van der Waals surface area (Å²) in [4.78, 5) is 10.4. The average Bonchev–Trinajstić information content (AvgIpc) is 2.18. The van der Waals surface area contributed by atoms with E-state index in [2.05, 4.69) is 31.9 Å². The van der Waals surface area contributed by atoms with Gasteiger partial charge in [-0.3, -0.25) is 4.79 Å². The summed E-state index contributed by atoms with van der Waals surface area (Å²) < 4.78 is 1.46. The number of phenols is 1. The second-order valence-corrected chi connectivity index (χ2v) is 4.85. The van der Waals surface area contributed by atoms with Crippen LogP contribution in [0.2, 0.25) is 0 Å². The molecule has 5 heteroatoms. The van der Waals surface area contributed by atoms with Crippen LogP contribution >= 0.6 is 31.9 Å². The molecule has 1 rings (SSSR count). The van der Waals surface area contributed by atoms with E-state index in [-0.39, 0.29) is 12.2 Å². The first-order valence-electron chi connectivity index (χ1n) is 4.31. The van der Waals surface area contributed by atoms with Crippen molar-refractivity contribution in [2.45, 2.75) is 19.8 Å². The number of carbonyl (C=O) groups is 1. The summed E-state index contributed by atoms with van der Waals surface area (Å²) in [5, 5.41) is 18.3. The molecule has 0 aliphatic rings. The summed E-state index contributed by atoms with van der Waals surface area (Å²) >= 11 is 6.61. The number of carboxylic acid groups (broad SMARTS) is 1. The Morgan fingerprint density at radius 2 is 2.07 bits per heavy atom. The van der Waals surface area contributed by atoms with Crippen LogP contribution in [-0.2, 0) is 11.2 Å². The van der Waals surface area contributed by atoms with Crippen LogP contribution in [0.3, 0.4) is 0 Å². The van der Waals surface area contributed by atoms with E-state index in [0.717, 1.165) is 10.0 Å². The SMILES string of the molecule is Cc1c(Br)cc(CCC(=O)O)c(O)c1Br. The van der Waals surface area contributed by atoms with Gasteiger partial charge >= 0.3 is 5.97 Å². The van der Waals surface area contributed by atoms with E-state index in [4.69, 9.17) is 5.11 Å². The third-order valence-corrected chi connectivity index (χ3v) is 3.90. The van der Waals surface area contributed by atoms with Crippen LogP contribution < -0.4 is 0 Å². The zero-order valence-corrected chi connectivity index (χ0v) is 11.2. The molecule has 0 aliphatic heterocycles. The highest BCUT2D eigenvalue weighted by atomic mass is 79.9. The minimum atomic E-state index is -0.873. The smallest absolute Gasteiger partial charge is 0.303 e. The topological polar surface area (TPSA) is 57.5 Å². The fraction of sp³-hybridized carbons (Fsp3) is 0.300. The molecule has 2 N–H and O–H groups in total. The minimum Gasteiger partial charge on any atom is -0.506 e. The molecule has 1 aromatic rings. The van der Waals surface area contributed by atoms with Gasteiger partial charge in [0.2, 0.25) is 0 Å². The lowest BCUT2D eigenvalue weighted by atomic mass is 10.1. The third kappa shape index (κ3) is 2.95. The number of hydrogen-bond acceptors (Lipinski definition) is 2. The molecule has 0 bridgehead atoms. The Labute approximate surface area is 104 Å². The van der Waals surface area contributed by atoms with E-state index in [0.29, 0.717) is 16.5 Å². The van der Waals surface area contributed by atoms with Crippen LogP contribution in [0.25, 0.3) is 0 Å². The number of halogens is 2. The summed E-state index contributed by atoms with van der Waals surface area (Å²) in [6, 6.07) is 1.75. The first-order chi connectivity index (χ1) is 6.93. The fourth-order valence-electron chi connectivity index (χ4n) is 1.19. The van der Waals surface area contributed by atoms with E-state index < -0.39 is 5.97 Å². The molecule has 0 radical (unpaired) electrons. The van der Waals surface area contributed by atoms with Crippen molar-refractivity contribution in [2.75, 3.05) is 0 Å². The molecule has 0 unspecified atom stereocenters. The number of benzene rings is 1. The van der Waals surface area contributed by atoms with Crippen molar-refractivity contribution in [3.8, 4) is 5.75 Å². The van der Waals surface area contributed by atoms with Crippen LogP contribution in [0, 0.1) is 6.92 Å². The van der Waals surface area contributed by atoms with Gasteiger partial charge in [-0.05, 0) is 46.5 Å². The maximum atomic E-state index is 10.4. The van der Waals surface area contributed by atoms with Crippen molar-refractivity contribution in [3.63, 3.8) is 0 Å². The number of hydrogen-bond donors (Lipinski definition) is 2. The number of aliphatic carboxylic acids is 1. The van der Waals surface area contributed by atoms with Crippen LogP contribution in [0.1, 0.15) is 17.5 Å². The predicted molar refractivity (Wildman–Crippen MR) is 64.2 cm³/mol. The van der Waals surface area contributed by atoms with Crippen LogP contribution in [0.5, 0.6) is 5.75 Å². The summed E-state index contributed by atoms with van der Waals surface area (Å²) in [7, 11) is 0. The first-order valence-corrected chi connectivity index (χ1v) is 5.90. The molecule has 0 heterocycles. The van der Waals surface area contributed by atoms with E-state index >= 15 is 0 Å². The van der Waals surface area contributed by atoms with E-state index in [1.807, 2.05) is 6.92 Å². The molecule has 0 aliphatic carbocycles. The Balaban J connectivity index is 3.04. The van der Waals surface area contributed by atoms with E-state index in [1.54, 1.807) is 6.07 Å². The van der Waals surface area contributed by atoms with E-state index in [9.17, 15) is 9.90 Å². The van der Waals surface area contributed by atoms with Crippen LogP contribution in [0.4, 0.5) is 0 Å². The molecular formula is C10H10Br2O3. The quantitative estimate of drug-likeness (QED) is 0.890. The number of aromatic hydroxyl groups is 1. The van der Waals surface area contributed by atoms with Gasteiger partial charge in [0.1, 0.15) is 5.75 Å². The Morgan fingerprint density at radius 3 is 2.60 bits per heavy atom. The second-order valence-electron chi connectivity index (χ2n) is 3.20. The third-order valence-electron chi connectivity index (χ3n) is 2.11. The second kappa shape index (κ2) is 4.99. The lowest BCUT2D eigenvalue weighted by molar-refractivity contribution is -0.136. The van der Waals surface area contributed by atoms with Gasteiger partial charge < -0.3 is 10.2 Å². The standard InChI is InChI=1S/C10H10Br2O3/c1-5-7(11)4-6(2-3-8(13)14)10(15)9(5)12/h4,15H,2-3H2,1H3,(H,13,14). The van der Waals surface area contributed by atoms with Crippen molar-refractivity contribution in [2.24, 2.45) is 0 Å². The molecule has 0 spiro atoms. The zero-order valence-electron chi connectivity index (χ0n) is 8.05. The van der Waals surface area contributed by atoms with Crippen LogP contribution in [0.15, 0.2) is 15.0 Å². The highest BCUT2D eigenvalue weighted by Gasteiger charge is 2.12. The molecule has 0 saturated carbocycles. The Kier molecular flexibility index (Phi) is 4.16. The van der Waals surface area contributed by atoms with Crippen molar-refractivity contribution in [1.82, 2.24) is 0 Å². The summed E-state index contributed by atoms with van der Waals surface area (Å²) in [5.41, 5.74) is 1.52. The zero-order chi connectivity index (χ0) is 11.6. The highest BCUT2D eigenvalue weighted by Crippen LogP contribution is 2.36.